The number of carbonyl (C=O) groups is 1. The molecule has 0 spiro atoms. The van der Waals surface area contributed by atoms with Crippen molar-refractivity contribution in [2.75, 3.05) is 12.4 Å². The number of unbranched alkanes of at least 4 members (excludes halogenated alkanes) is 21. The zero-order valence-electron chi connectivity index (χ0n) is 29.2. The van der Waals surface area contributed by atoms with Gasteiger partial charge >= 0.3 is 0 Å². The predicted octanol–water partition coefficient (Wildman–Crippen LogP) is 14.1. The summed E-state index contributed by atoms with van der Waals surface area (Å²) in [4.78, 5) is 14.0. The average Bonchev–Trinajstić information content (AvgIpc) is 3.07. The van der Waals surface area contributed by atoms with E-state index in [0.717, 1.165) is 35.7 Å². The summed E-state index contributed by atoms with van der Waals surface area (Å²) in [5.74, 6) is 2.03. The van der Waals surface area contributed by atoms with Crippen LogP contribution in [-0.4, -0.2) is 18.1 Å². The third kappa shape index (κ3) is 20.7. The van der Waals surface area contributed by atoms with Crippen molar-refractivity contribution in [3.05, 3.63) is 65.7 Å². The summed E-state index contributed by atoms with van der Waals surface area (Å²) < 4.78 is 5.99. The highest BCUT2D eigenvalue weighted by Gasteiger charge is 2.05. The molecular formula is C42H66O2S. The van der Waals surface area contributed by atoms with Crippen LogP contribution in [0.3, 0.4) is 0 Å². The molecular weight excluding hydrogens is 569 g/mol. The lowest BCUT2D eigenvalue weighted by molar-refractivity contribution is 0.104. The molecule has 0 atom stereocenters. The Morgan fingerprint density at radius 1 is 0.578 bits per heavy atom. The summed E-state index contributed by atoms with van der Waals surface area (Å²) in [6.07, 6.45) is 35.2. The van der Waals surface area contributed by atoms with Gasteiger partial charge in [0.15, 0.2) is 5.78 Å². The summed E-state index contributed by atoms with van der Waals surface area (Å²) in [5.41, 5.74) is 1.69. The molecule has 2 nitrogen and oxygen atoms in total. The van der Waals surface area contributed by atoms with E-state index in [1.54, 1.807) is 6.08 Å². The number of hydrogen-bond acceptors (Lipinski definition) is 3. The molecule has 0 fully saturated rings. The van der Waals surface area contributed by atoms with Crippen molar-refractivity contribution in [3.8, 4) is 5.75 Å². The Morgan fingerprint density at radius 2 is 1.04 bits per heavy atom. The number of allylic oxidation sites excluding steroid dienone is 1. The molecule has 0 radical (unpaired) electrons. The van der Waals surface area contributed by atoms with Gasteiger partial charge in [-0.2, -0.15) is 0 Å². The molecule has 2 aromatic rings. The number of benzene rings is 2. The Kier molecular flexibility index (Phi) is 24.6. The molecule has 0 aliphatic heterocycles. The van der Waals surface area contributed by atoms with Crippen LogP contribution in [0.4, 0.5) is 0 Å². The van der Waals surface area contributed by atoms with Gasteiger partial charge < -0.3 is 4.74 Å². The van der Waals surface area contributed by atoms with Crippen LogP contribution in [0.1, 0.15) is 177 Å². The van der Waals surface area contributed by atoms with E-state index < -0.39 is 0 Å². The van der Waals surface area contributed by atoms with Crippen molar-refractivity contribution in [1.29, 1.82) is 0 Å². The topological polar surface area (TPSA) is 26.3 Å². The van der Waals surface area contributed by atoms with E-state index in [0.29, 0.717) is 0 Å². The van der Waals surface area contributed by atoms with Gasteiger partial charge in [-0.1, -0.05) is 167 Å². The molecule has 0 aliphatic carbocycles. The SMILES string of the molecule is CCCCCCCCCCCCCCCCCCCCCSc1ccc(C(=O)/C=C/c2ccccc2OCCCCCC)cc1. The summed E-state index contributed by atoms with van der Waals surface area (Å²) >= 11 is 1.91. The van der Waals surface area contributed by atoms with Crippen LogP contribution < -0.4 is 4.74 Å². The number of ether oxygens (including phenoxy) is 1. The van der Waals surface area contributed by atoms with E-state index in [1.165, 1.54) is 146 Å². The first-order chi connectivity index (χ1) is 22.2. The van der Waals surface area contributed by atoms with Crippen molar-refractivity contribution >= 4 is 23.6 Å². The largest absolute Gasteiger partial charge is 0.493 e. The standard InChI is InChI=1S/C42H66O2S/c1-3-5-7-9-10-11-12-13-14-15-16-17-18-19-20-21-22-23-27-37-45-40-33-30-38(31-34-40)41(43)35-32-39-28-24-25-29-42(39)44-36-26-8-6-4-2/h24-25,28-35H,3-23,26-27,36-37H2,1-2H3/b35-32+. The fourth-order valence-electron chi connectivity index (χ4n) is 5.81. The molecule has 3 heteroatoms. The van der Waals surface area contributed by atoms with Crippen molar-refractivity contribution in [3.63, 3.8) is 0 Å². The molecule has 0 amide bonds. The third-order valence-corrected chi connectivity index (χ3v) is 9.84. The lowest BCUT2D eigenvalue weighted by Crippen LogP contribution is -1.99. The summed E-state index contributed by atoms with van der Waals surface area (Å²) in [6, 6.07) is 16.1. The summed E-state index contributed by atoms with van der Waals surface area (Å²) in [5, 5.41) is 0. The Balaban J connectivity index is 1.46. The van der Waals surface area contributed by atoms with Gasteiger partial charge in [0.05, 0.1) is 6.61 Å². The highest BCUT2D eigenvalue weighted by atomic mass is 32.2. The highest BCUT2D eigenvalue weighted by Crippen LogP contribution is 2.23. The highest BCUT2D eigenvalue weighted by molar-refractivity contribution is 7.99. The number of para-hydroxylation sites is 1. The molecule has 0 heterocycles. The second-order valence-corrected chi connectivity index (χ2v) is 14.0. The monoisotopic (exact) mass is 634 g/mol. The van der Waals surface area contributed by atoms with Crippen LogP contribution in [0, 0.1) is 0 Å². The fourth-order valence-corrected chi connectivity index (χ4v) is 6.72. The quantitative estimate of drug-likeness (QED) is 0.0370. The van der Waals surface area contributed by atoms with E-state index in [-0.39, 0.29) is 5.78 Å². The number of rotatable bonds is 30. The number of thioether (sulfide) groups is 1. The van der Waals surface area contributed by atoms with E-state index >= 15 is 0 Å². The first-order valence-corrected chi connectivity index (χ1v) is 19.9. The van der Waals surface area contributed by atoms with Crippen molar-refractivity contribution in [2.45, 2.75) is 166 Å². The first-order valence-electron chi connectivity index (χ1n) is 18.9. The maximum atomic E-state index is 12.8. The van der Waals surface area contributed by atoms with Crippen LogP contribution >= 0.6 is 11.8 Å². The number of hydrogen-bond donors (Lipinski definition) is 0. The molecule has 2 rings (SSSR count). The number of ketones is 1. The minimum Gasteiger partial charge on any atom is -0.493 e. The van der Waals surface area contributed by atoms with Crippen molar-refractivity contribution in [2.24, 2.45) is 0 Å². The van der Waals surface area contributed by atoms with Crippen molar-refractivity contribution < 1.29 is 9.53 Å². The number of carbonyl (C=O) groups excluding carboxylic acids is 1. The van der Waals surface area contributed by atoms with Crippen LogP contribution in [0.25, 0.3) is 6.08 Å². The normalized spacial score (nSPS) is 11.4. The lowest BCUT2D eigenvalue weighted by Gasteiger charge is -2.09. The third-order valence-electron chi connectivity index (χ3n) is 8.74. The van der Waals surface area contributed by atoms with Crippen LogP contribution in [-0.2, 0) is 0 Å². The predicted molar refractivity (Wildman–Crippen MR) is 200 cm³/mol. The molecule has 0 unspecified atom stereocenters. The molecule has 45 heavy (non-hydrogen) atoms. The van der Waals surface area contributed by atoms with Crippen molar-refractivity contribution in [1.82, 2.24) is 0 Å². The van der Waals surface area contributed by atoms with Crippen LogP contribution in [0.5, 0.6) is 5.75 Å². The maximum Gasteiger partial charge on any atom is 0.185 e. The molecule has 0 bridgehead atoms. The van der Waals surface area contributed by atoms with E-state index in [4.69, 9.17) is 4.74 Å². The molecule has 252 valence electrons. The fraction of sp³-hybridized carbons (Fsp3) is 0.643. The smallest absolute Gasteiger partial charge is 0.185 e. The molecule has 2 aromatic carbocycles. The average molecular weight is 635 g/mol. The zero-order chi connectivity index (χ0) is 32.0. The van der Waals surface area contributed by atoms with Gasteiger partial charge in [0.2, 0.25) is 0 Å². The van der Waals surface area contributed by atoms with Gasteiger partial charge in [-0.3, -0.25) is 4.79 Å². The summed E-state index contributed by atoms with van der Waals surface area (Å²) in [7, 11) is 0. The maximum absolute atomic E-state index is 12.8. The van der Waals surface area contributed by atoms with Gasteiger partial charge in [0.1, 0.15) is 5.75 Å². The van der Waals surface area contributed by atoms with Crippen LogP contribution in [0.2, 0.25) is 0 Å². The van der Waals surface area contributed by atoms with Gasteiger partial charge in [0, 0.05) is 16.0 Å². The molecule has 0 saturated carbocycles. The van der Waals surface area contributed by atoms with E-state index in [2.05, 4.69) is 26.0 Å². The lowest BCUT2D eigenvalue weighted by atomic mass is 10.0. The van der Waals surface area contributed by atoms with E-state index in [1.807, 2.05) is 54.2 Å². The molecule has 0 N–H and O–H groups in total. The molecule has 0 saturated heterocycles. The van der Waals surface area contributed by atoms with Gasteiger partial charge in [-0.25, -0.2) is 0 Å². The molecule has 0 aliphatic rings. The second kappa shape index (κ2) is 28.2. The minimum atomic E-state index is 0.0306. The Labute approximate surface area is 282 Å². The van der Waals surface area contributed by atoms with Crippen LogP contribution in [0.15, 0.2) is 59.5 Å². The minimum absolute atomic E-state index is 0.0306. The second-order valence-electron chi connectivity index (χ2n) is 12.9. The first kappa shape index (κ1) is 39.2. The zero-order valence-corrected chi connectivity index (χ0v) is 30.0. The summed E-state index contributed by atoms with van der Waals surface area (Å²) in [6.45, 7) is 5.23. The van der Waals surface area contributed by atoms with E-state index in [9.17, 15) is 4.79 Å². The molecule has 0 aromatic heterocycles. The van der Waals surface area contributed by atoms with Gasteiger partial charge in [0.25, 0.3) is 0 Å². The Hall–Kier alpha value is -2.00. The van der Waals surface area contributed by atoms with Gasteiger partial charge in [-0.05, 0) is 61.1 Å². The Bertz CT molecular complexity index is 996. The Morgan fingerprint density at radius 3 is 1.58 bits per heavy atom. The van der Waals surface area contributed by atoms with Gasteiger partial charge in [-0.15, -0.1) is 11.8 Å².